The minimum absolute atomic E-state index is 0.0257. The molecule has 1 aliphatic heterocycles. The second-order valence-electron chi connectivity index (χ2n) is 5.89. The largest absolute Gasteiger partial charge is 0.336 e. The standard InChI is InChI=1S/C16H22ClFN2O/c1-11(2)20(10-12-4-3-7-19-9-12)16(21)14-8-13(17)5-6-15(14)18/h5-6,8,11-12,19H,3-4,7,9-10H2,1-2H3. The minimum Gasteiger partial charge on any atom is -0.336 e. The number of hydrogen-bond acceptors (Lipinski definition) is 2. The van der Waals surface area contributed by atoms with Gasteiger partial charge in [0, 0.05) is 17.6 Å². The molecule has 1 N–H and O–H groups in total. The van der Waals surface area contributed by atoms with Crippen molar-refractivity contribution in [1.29, 1.82) is 0 Å². The van der Waals surface area contributed by atoms with Gasteiger partial charge in [0.2, 0.25) is 0 Å². The number of halogens is 2. The fourth-order valence-corrected chi connectivity index (χ4v) is 2.87. The molecule has 1 aromatic rings. The molecule has 0 bridgehead atoms. The molecule has 2 rings (SSSR count). The fourth-order valence-electron chi connectivity index (χ4n) is 2.70. The summed E-state index contributed by atoms with van der Waals surface area (Å²) in [5, 5.41) is 3.72. The molecule has 5 heteroatoms. The number of nitrogens with zero attached hydrogens (tertiary/aromatic N) is 1. The van der Waals surface area contributed by atoms with Gasteiger partial charge in [-0.3, -0.25) is 4.79 Å². The van der Waals surface area contributed by atoms with E-state index >= 15 is 0 Å². The molecular weight excluding hydrogens is 291 g/mol. The Morgan fingerprint density at radius 1 is 1.52 bits per heavy atom. The highest BCUT2D eigenvalue weighted by atomic mass is 35.5. The summed E-state index contributed by atoms with van der Waals surface area (Å²) in [4.78, 5) is 14.4. The Labute approximate surface area is 130 Å². The van der Waals surface area contributed by atoms with Crippen LogP contribution in [0.4, 0.5) is 4.39 Å². The molecule has 1 aromatic carbocycles. The first-order valence-electron chi connectivity index (χ1n) is 7.45. The van der Waals surface area contributed by atoms with Gasteiger partial charge in [0.15, 0.2) is 0 Å². The Morgan fingerprint density at radius 3 is 2.90 bits per heavy atom. The van der Waals surface area contributed by atoms with E-state index in [4.69, 9.17) is 11.6 Å². The summed E-state index contributed by atoms with van der Waals surface area (Å²) >= 11 is 5.89. The molecule has 0 spiro atoms. The number of nitrogens with one attached hydrogen (secondary N) is 1. The van der Waals surface area contributed by atoms with Gasteiger partial charge in [-0.05, 0) is 63.9 Å². The maximum absolute atomic E-state index is 13.9. The third kappa shape index (κ3) is 4.17. The van der Waals surface area contributed by atoms with E-state index < -0.39 is 5.82 Å². The number of benzene rings is 1. The first-order valence-corrected chi connectivity index (χ1v) is 7.83. The van der Waals surface area contributed by atoms with E-state index in [1.54, 1.807) is 4.90 Å². The Morgan fingerprint density at radius 2 is 2.29 bits per heavy atom. The van der Waals surface area contributed by atoms with Gasteiger partial charge < -0.3 is 10.2 Å². The predicted octanol–water partition coefficient (Wildman–Crippen LogP) is 3.33. The van der Waals surface area contributed by atoms with E-state index in [1.165, 1.54) is 18.2 Å². The van der Waals surface area contributed by atoms with Crippen LogP contribution in [-0.4, -0.2) is 36.5 Å². The van der Waals surface area contributed by atoms with Gasteiger partial charge in [0.05, 0.1) is 5.56 Å². The van der Waals surface area contributed by atoms with Crippen molar-refractivity contribution in [1.82, 2.24) is 10.2 Å². The molecule has 0 radical (unpaired) electrons. The molecule has 1 unspecified atom stereocenters. The van der Waals surface area contributed by atoms with Crippen molar-refractivity contribution in [3.8, 4) is 0 Å². The van der Waals surface area contributed by atoms with Crippen LogP contribution in [0.25, 0.3) is 0 Å². The molecule has 116 valence electrons. The van der Waals surface area contributed by atoms with Crippen LogP contribution in [0.1, 0.15) is 37.0 Å². The molecule has 0 aliphatic carbocycles. The number of carbonyl (C=O) groups is 1. The minimum atomic E-state index is -0.517. The SMILES string of the molecule is CC(C)N(CC1CCCNC1)C(=O)c1cc(Cl)ccc1F. The Balaban J connectivity index is 2.16. The van der Waals surface area contributed by atoms with Crippen molar-refractivity contribution in [2.75, 3.05) is 19.6 Å². The number of carbonyl (C=O) groups excluding carboxylic acids is 1. The lowest BCUT2D eigenvalue weighted by Crippen LogP contribution is -2.44. The van der Waals surface area contributed by atoms with Crippen LogP contribution in [0.5, 0.6) is 0 Å². The molecule has 1 saturated heterocycles. The third-order valence-corrected chi connectivity index (χ3v) is 4.13. The highest BCUT2D eigenvalue weighted by Crippen LogP contribution is 2.20. The van der Waals surface area contributed by atoms with Gasteiger partial charge in [0.1, 0.15) is 5.82 Å². The normalized spacial score (nSPS) is 18.8. The molecule has 0 aromatic heterocycles. The van der Waals surface area contributed by atoms with E-state index in [-0.39, 0.29) is 17.5 Å². The van der Waals surface area contributed by atoms with Gasteiger partial charge in [0.25, 0.3) is 5.91 Å². The highest BCUT2D eigenvalue weighted by Gasteiger charge is 2.25. The fraction of sp³-hybridized carbons (Fsp3) is 0.562. The maximum atomic E-state index is 13.9. The summed E-state index contributed by atoms with van der Waals surface area (Å²) in [5.41, 5.74) is 0.0555. The van der Waals surface area contributed by atoms with Crippen LogP contribution in [-0.2, 0) is 0 Å². The van der Waals surface area contributed by atoms with Crippen LogP contribution in [0.2, 0.25) is 5.02 Å². The summed E-state index contributed by atoms with van der Waals surface area (Å²) in [7, 11) is 0. The second kappa shape index (κ2) is 7.23. The number of hydrogen-bond donors (Lipinski definition) is 1. The summed E-state index contributed by atoms with van der Waals surface area (Å²) < 4.78 is 13.9. The van der Waals surface area contributed by atoms with Crippen LogP contribution < -0.4 is 5.32 Å². The first-order chi connectivity index (χ1) is 9.99. The molecule has 1 amide bonds. The van der Waals surface area contributed by atoms with Crippen molar-refractivity contribution in [3.63, 3.8) is 0 Å². The van der Waals surface area contributed by atoms with E-state index in [1.807, 2.05) is 13.8 Å². The molecule has 1 aliphatic rings. The lowest BCUT2D eigenvalue weighted by atomic mass is 9.98. The third-order valence-electron chi connectivity index (χ3n) is 3.90. The molecule has 0 saturated carbocycles. The molecule has 21 heavy (non-hydrogen) atoms. The van der Waals surface area contributed by atoms with Crippen LogP contribution >= 0.6 is 11.6 Å². The van der Waals surface area contributed by atoms with Gasteiger partial charge in [-0.2, -0.15) is 0 Å². The van der Waals surface area contributed by atoms with E-state index in [9.17, 15) is 9.18 Å². The number of piperidine rings is 1. The quantitative estimate of drug-likeness (QED) is 0.925. The molecular formula is C16H22ClFN2O. The summed E-state index contributed by atoms with van der Waals surface area (Å²) in [5.74, 6) is -0.375. The average Bonchev–Trinajstić information content (AvgIpc) is 2.47. The average molecular weight is 313 g/mol. The smallest absolute Gasteiger partial charge is 0.257 e. The zero-order valence-corrected chi connectivity index (χ0v) is 13.3. The van der Waals surface area contributed by atoms with E-state index in [0.29, 0.717) is 17.5 Å². The lowest BCUT2D eigenvalue weighted by molar-refractivity contribution is 0.0656. The van der Waals surface area contributed by atoms with Gasteiger partial charge >= 0.3 is 0 Å². The summed E-state index contributed by atoms with van der Waals surface area (Å²) in [6.07, 6.45) is 2.22. The van der Waals surface area contributed by atoms with Crippen molar-refractivity contribution < 1.29 is 9.18 Å². The van der Waals surface area contributed by atoms with Crippen LogP contribution in [0.15, 0.2) is 18.2 Å². The zero-order valence-electron chi connectivity index (χ0n) is 12.5. The predicted molar refractivity (Wildman–Crippen MR) is 83.2 cm³/mol. The number of amides is 1. The van der Waals surface area contributed by atoms with Gasteiger partial charge in [-0.1, -0.05) is 11.6 Å². The topological polar surface area (TPSA) is 32.3 Å². The van der Waals surface area contributed by atoms with Crippen molar-refractivity contribution in [2.24, 2.45) is 5.92 Å². The van der Waals surface area contributed by atoms with Crippen LogP contribution in [0, 0.1) is 11.7 Å². The van der Waals surface area contributed by atoms with Crippen molar-refractivity contribution in [3.05, 3.63) is 34.6 Å². The Hall–Kier alpha value is -1.13. The number of rotatable bonds is 4. The van der Waals surface area contributed by atoms with E-state index in [0.717, 1.165) is 25.9 Å². The highest BCUT2D eigenvalue weighted by molar-refractivity contribution is 6.31. The van der Waals surface area contributed by atoms with Crippen molar-refractivity contribution in [2.45, 2.75) is 32.7 Å². The molecule has 1 atom stereocenters. The lowest BCUT2D eigenvalue weighted by Gasteiger charge is -2.33. The molecule has 1 fully saturated rings. The summed E-state index contributed by atoms with van der Waals surface area (Å²) in [6.45, 7) is 6.51. The van der Waals surface area contributed by atoms with Crippen molar-refractivity contribution >= 4 is 17.5 Å². The van der Waals surface area contributed by atoms with Crippen LogP contribution in [0.3, 0.4) is 0 Å². The van der Waals surface area contributed by atoms with E-state index in [2.05, 4.69) is 5.32 Å². The van der Waals surface area contributed by atoms with Gasteiger partial charge in [-0.15, -0.1) is 0 Å². The maximum Gasteiger partial charge on any atom is 0.257 e. The molecule has 1 heterocycles. The second-order valence-corrected chi connectivity index (χ2v) is 6.32. The monoisotopic (exact) mass is 312 g/mol. The Bertz CT molecular complexity index is 501. The molecule has 3 nitrogen and oxygen atoms in total. The summed E-state index contributed by atoms with van der Waals surface area (Å²) in [6, 6.07) is 4.14. The zero-order chi connectivity index (χ0) is 15.4. The first kappa shape index (κ1) is 16.2. The van der Waals surface area contributed by atoms with Gasteiger partial charge in [-0.25, -0.2) is 4.39 Å². The Kier molecular flexibility index (Phi) is 5.59.